The third kappa shape index (κ3) is 5.40. The molecule has 4 rings (SSSR count). The lowest BCUT2D eigenvalue weighted by atomic mass is 10.2. The first kappa shape index (κ1) is 21.7. The van der Waals surface area contributed by atoms with E-state index in [9.17, 15) is 4.79 Å². The number of rotatable bonds is 8. The Hall–Kier alpha value is -2.51. The lowest BCUT2D eigenvalue weighted by molar-refractivity contribution is 0.0927. The van der Waals surface area contributed by atoms with Crippen molar-refractivity contribution in [3.05, 3.63) is 58.8 Å². The molecule has 0 radical (unpaired) electrons. The second kappa shape index (κ2) is 10.2. The number of nitrogens with one attached hydrogen (secondary N) is 1. The van der Waals surface area contributed by atoms with Crippen molar-refractivity contribution in [2.24, 2.45) is 0 Å². The Balaban J connectivity index is 1.16. The molecule has 1 aromatic heterocycles. The first-order valence-electron chi connectivity index (χ1n) is 10.7. The van der Waals surface area contributed by atoms with Crippen LogP contribution in [-0.2, 0) is 0 Å². The summed E-state index contributed by atoms with van der Waals surface area (Å²) in [6.07, 6.45) is 2.01. The molecule has 0 atom stereocenters. The number of halogens is 1. The van der Waals surface area contributed by atoms with Gasteiger partial charge in [0.1, 0.15) is 11.3 Å². The number of hydrogen-bond donors (Lipinski definition) is 1. The summed E-state index contributed by atoms with van der Waals surface area (Å²) < 4.78 is 12.1. The molecule has 6 nitrogen and oxygen atoms in total. The highest BCUT2D eigenvalue weighted by Crippen LogP contribution is 2.28. The maximum Gasteiger partial charge on any atom is 0.287 e. The highest BCUT2D eigenvalue weighted by Gasteiger charge is 2.19. The molecule has 0 unspecified atom stereocenters. The second-order valence-electron chi connectivity index (χ2n) is 7.76. The Morgan fingerprint density at radius 2 is 1.90 bits per heavy atom. The molecule has 0 aliphatic carbocycles. The summed E-state index contributed by atoms with van der Waals surface area (Å²) in [5.74, 6) is 1.14. The smallest absolute Gasteiger partial charge is 0.287 e. The van der Waals surface area contributed by atoms with E-state index in [1.807, 2.05) is 30.3 Å². The normalized spacial score (nSPS) is 14.7. The van der Waals surface area contributed by atoms with Gasteiger partial charge in [-0.2, -0.15) is 0 Å². The number of ether oxygens (including phenoxy) is 1. The van der Waals surface area contributed by atoms with Crippen LogP contribution in [0, 0.1) is 0 Å². The fourth-order valence-corrected chi connectivity index (χ4v) is 4.36. The Kier molecular flexibility index (Phi) is 7.14. The first-order valence-corrected chi connectivity index (χ1v) is 11.5. The number of fused-ring (bicyclic) bond motifs is 1. The van der Waals surface area contributed by atoms with Crippen LogP contribution in [0.15, 0.2) is 57.4 Å². The van der Waals surface area contributed by atoms with Gasteiger partial charge in [-0.15, -0.1) is 0 Å². The molecule has 1 aliphatic heterocycles. The van der Waals surface area contributed by atoms with Crippen molar-refractivity contribution >= 4 is 38.5 Å². The molecular weight excluding hydrogens is 458 g/mol. The van der Waals surface area contributed by atoms with Gasteiger partial charge in [-0.1, -0.05) is 28.1 Å². The number of amides is 1. The van der Waals surface area contributed by atoms with Gasteiger partial charge in [-0.05, 0) is 55.8 Å². The summed E-state index contributed by atoms with van der Waals surface area (Å²) in [5.41, 5.74) is 1.89. The minimum absolute atomic E-state index is 0.155. The van der Waals surface area contributed by atoms with E-state index in [-0.39, 0.29) is 5.91 Å². The van der Waals surface area contributed by atoms with Crippen LogP contribution in [0.25, 0.3) is 11.0 Å². The molecule has 7 heteroatoms. The number of benzene rings is 2. The Morgan fingerprint density at radius 1 is 1.10 bits per heavy atom. The lowest BCUT2D eigenvalue weighted by Gasteiger charge is -2.36. The molecule has 2 heterocycles. The van der Waals surface area contributed by atoms with E-state index in [0.717, 1.165) is 66.8 Å². The molecule has 3 aromatic rings. The van der Waals surface area contributed by atoms with Crippen molar-refractivity contribution in [1.82, 2.24) is 10.2 Å². The molecule has 0 spiro atoms. The van der Waals surface area contributed by atoms with Crippen molar-refractivity contribution < 1.29 is 13.9 Å². The molecule has 1 fully saturated rings. The Labute approximate surface area is 191 Å². The third-order valence-electron chi connectivity index (χ3n) is 5.69. The van der Waals surface area contributed by atoms with Gasteiger partial charge in [0.25, 0.3) is 5.91 Å². The van der Waals surface area contributed by atoms with Crippen LogP contribution in [0.4, 0.5) is 5.69 Å². The highest BCUT2D eigenvalue weighted by molar-refractivity contribution is 9.10. The van der Waals surface area contributed by atoms with Crippen molar-refractivity contribution in [2.45, 2.75) is 12.8 Å². The molecular formula is C24H28BrN3O3. The van der Waals surface area contributed by atoms with E-state index >= 15 is 0 Å². The predicted molar refractivity (Wildman–Crippen MR) is 127 cm³/mol. The summed E-state index contributed by atoms with van der Waals surface area (Å²) in [6.45, 7) is 5.78. The number of hydrogen-bond acceptors (Lipinski definition) is 5. The van der Waals surface area contributed by atoms with Crippen LogP contribution >= 0.6 is 15.9 Å². The van der Waals surface area contributed by atoms with Crippen LogP contribution in [0.1, 0.15) is 23.4 Å². The number of nitrogens with zero attached hydrogens (tertiary/aromatic N) is 2. The average Bonchev–Trinajstić information content (AvgIpc) is 3.22. The average molecular weight is 486 g/mol. The van der Waals surface area contributed by atoms with Crippen LogP contribution in [0.2, 0.25) is 0 Å². The number of unbranched alkanes of at least 4 members (excludes halogenated alkanes) is 1. The fourth-order valence-electron chi connectivity index (χ4n) is 3.98. The zero-order valence-corrected chi connectivity index (χ0v) is 19.4. The molecule has 0 bridgehead atoms. The second-order valence-corrected chi connectivity index (χ2v) is 8.67. The molecule has 1 amide bonds. The predicted octanol–water partition coefficient (Wildman–Crippen LogP) is 4.54. The van der Waals surface area contributed by atoms with Crippen LogP contribution < -0.4 is 15.0 Å². The van der Waals surface area contributed by atoms with E-state index < -0.39 is 0 Å². The Morgan fingerprint density at radius 3 is 2.71 bits per heavy atom. The summed E-state index contributed by atoms with van der Waals surface area (Å²) in [6, 6.07) is 15.7. The summed E-state index contributed by atoms with van der Waals surface area (Å²) >= 11 is 3.44. The SMILES string of the molecule is COc1ccccc1N1CCN(CCCCNC(=O)c2cc3cc(Br)ccc3o2)CC1. The number of para-hydroxylation sites is 2. The van der Waals surface area contributed by atoms with Crippen LogP contribution in [0.5, 0.6) is 5.75 Å². The largest absolute Gasteiger partial charge is 0.495 e. The van der Waals surface area contributed by atoms with Gasteiger partial charge >= 0.3 is 0 Å². The van der Waals surface area contributed by atoms with E-state index in [2.05, 4.69) is 43.2 Å². The number of carbonyl (C=O) groups excluding carboxylic acids is 1. The standard InChI is InChI=1S/C24H28BrN3O3/c1-30-22-7-3-2-6-20(22)28-14-12-27(13-15-28)11-5-4-10-26-24(29)23-17-18-16-19(25)8-9-21(18)31-23/h2-3,6-9,16-17H,4-5,10-15H2,1H3,(H,26,29). The number of furan rings is 1. The number of anilines is 1. The van der Waals surface area contributed by atoms with E-state index in [1.165, 1.54) is 5.69 Å². The zero-order valence-electron chi connectivity index (χ0n) is 17.8. The highest BCUT2D eigenvalue weighted by atomic mass is 79.9. The quantitative estimate of drug-likeness (QED) is 0.474. The molecule has 1 N–H and O–H groups in total. The third-order valence-corrected chi connectivity index (χ3v) is 6.18. The molecule has 31 heavy (non-hydrogen) atoms. The topological polar surface area (TPSA) is 58.0 Å². The van der Waals surface area contributed by atoms with Crippen molar-refractivity contribution in [1.29, 1.82) is 0 Å². The molecule has 164 valence electrons. The van der Waals surface area contributed by atoms with Gasteiger partial charge in [0, 0.05) is 42.6 Å². The van der Waals surface area contributed by atoms with Gasteiger partial charge in [0.05, 0.1) is 12.8 Å². The Bertz CT molecular complexity index is 1030. The molecule has 2 aromatic carbocycles. The number of carbonyl (C=O) groups is 1. The minimum atomic E-state index is -0.155. The van der Waals surface area contributed by atoms with Crippen molar-refractivity contribution in [3.63, 3.8) is 0 Å². The zero-order chi connectivity index (χ0) is 21.6. The van der Waals surface area contributed by atoms with Gasteiger partial charge < -0.3 is 19.4 Å². The number of methoxy groups -OCH3 is 1. The van der Waals surface area contributed by atoms with Gasteiger partial charge in [0.15, 0.2) is 5.76 Å². The van der Waals surface area contributed by atoms with Gasteiger partial charge in [-0.3, -0.25) is 9.69 Å². The molecule has 0 saturated carbocycles. The van der Waals surface area contributed by atoms with Gasteiger partial charge in [-0.25, -0.2) is 0 Å². The summed E-state index contributed by atoms with van der Waals surface area (Å²) in [5, 5.41) is 3.89. The first-order chi connectivity index (χ1) is 15.1. The van der Waals surface area contributed by atoms with Gasteiger partial charge in [0.2, 0.25) is 0 Å². The lowest BCUT2D eigenvalue weighted by Crippen LogP contribution is -2.46. The summed E-state index contributed by atoms with van der Waals surface area (Å²) in [4.78, 5) is 17.2. The van der Waals surface area contributed by atoms with Crippen molar-refractivity contribution in [3.8, 4) is 5.75 Å². The maximum atomic E-state index is 12.3. The fraction of sp³-hybridized carbons (Fsp3) is 0.375. The van der Waals surface area contributed by atoms with Crippen molar-refractivity contribution in [2.75, 3.05) is 51.3 Å². The molecule has 1 saturated heterocycles. The minimum Gasteiger partial charge on any atom is -0.495 e. The monoisotopic (exact) mass is 485 g/mol. The van der Waals surface area contributed by atoms with E-state index in [1.54, 1.807) is 13.2 Å². The van der Waals surface area contributed by atoms with E-state index in [0.29, 0.717) is 12.3 Å². The maximum absolute atomic E-state index is 12.3. The molecule has 1 aliphatic rings. The number of piperazine rings is 1. The van der Waals surface area contributed by atoms with E-state index in [4.69, 9.17) is 9.15 Å². The van der Waals surface area contributed by atoms with Crippen LogP contribution in [0.3, 0.4) is 0 Å². The summed E-state index contributed by atoms with van der Waals surface area (Å²) in [7, 11) is 1.72. The van der Waals surface area contributed by atoms with Crippen LogP contribution in [-0.4, -0.2) is 57.2 Å².